The zero-order chi connectivity index (χ0) is 20.3. The number of ether oxygens (including phenoxy) is 1. The average Bonchev–Trinajstić information content (AvgIpc) is 2.68. The van der Waals surface area contributed by atoms with Crippen molar-refractivity contribution in [1.82, 2.24) is 0 Å². The lowest BCUT2D eigenvalue weighted by Crippen LogP contribution is -2.34. The summed E-state index contributed by atoms with van der Waals surface area (Å²) >= 11 is 5.90. The van der Waals surface area contributed by atoms with Crippen LogP contribution in [0.25, 0.3) is 0 Å². The Balaban J connectivity index is 2.19. The molecule has 146 valence electrons. The number of hydrogen-bond acceptors (Lipinski definition) is 3. The van der Waals surface area contributed by atoms with Gasteiger partial charge in [0.2, 0.25) is 0 Å². The van der Waals surface area contributed by atoms with Crippen molar-refractivity contribution in [2.45, 2.75) is 17.9 Å². The highest BCUT2D eigenvalue weighted by atomic mass is 35.5. The number of anilines is 1. The molecule has 0 radical (unpaired) electrons. The Morgan fingerprint density at radius 1 is 1.00 bits per heavy atom. The molecule has 0 saturated heterocycles. The second-order valence-electron chi connectivity index (χ2n) is 6.15. The van der Waals surface area contributed by atoms with E-state index in [2.05, 4.69) is 0 Å². The van der Waals surface area contributed by atoms with E-state index >= 15 is 0 Å². The summed E-state index contributed by atoms with van der Waals surface area (Å²) in [5, 5.41) is 0.425. The zero-order valence-corrected chi connectivity index (χ0v) is 16.9. The van der Waals surface area contributed by atoms with E-state index in [4.69, 9.17) is 16.3 Å². The fourth-order valence-electron chi connectivity index (χ4n) is 2.98. The fraction of sp³-hybridized carbons (Fsp3) is 0.143. The van der Waals surface area contributed by atoms with Gasteiger partial charge in [-0.25, -0.2) is 12.8 Å². The molecule has 0 bridgehead atoms. The van der Waals surface area contributed by atoms with E-state index < -0.39 is 21.9 Å². The van der Waals surface area contributed by atoms with Gasteiger partial charge in [0.15, 0.2) is 0 Å². The molecule has 3 rings (SSSR count). The molecular weight excluding hydrogens is 401 g/mol. The molecule has 0 unspecified atom stereocenters. The molecule has 0 amide bonds. The van der Waals surface area contributed by atoms with Gasteiger partial charge in [-0.3, -0.25) is 4.31 Å². The van der Waals surface area contributed by atoms with Gasteiger partial charge in [0.05, 0.1) is 23.7 Å². The highest BCUT2D eigenvalue weighted by Crippen LogP contribution is 2.35. The lowest BCUT2D eigenvalue weighted by molar-refractivity contribution is 0.415. The molecular formula is C21H19ClFNO3S. The SMILES string of the molecule is COc1cccc(N([C@H](C)c2ccccc2F)S(=O)(=O)c2ccc(Cl)cc2)c1. The molecule has 0 aliphatic rings. The molecule has 28 heavy (non-hydrogen) atoms. The monoisotopic (exact) mass is 419 g/mol. The van der Waals surface area contributed by atoms with Gasteiger partial charge in [-0.05, 0) is 49.4 Å². The Kier molecular flexibility index (Phi) is 5.91. The van der Waals surface area contributed by atoms with Crippen LogP contribution in [0.15, 0.2) is 77.7 Å². The van der Waals surface area contributed by atoms with Crippen LogP contribution in [-0.4, -0.2) is 15.5 Å². The molecule has 0 heterocycles. The van der Waals surface area contributed by atoms with E-state index in [9.17, 15) is 12.8 Å². The van der Waals surface area contributed by atoms with Crippen molar-refractivity contribution < 1.29 is 17.5 Å². The van der Waals surface area contributed by atoms with Crippen LogP contribution in [-0.2, 0) is 10.0 Å². The van der Waals surface area contributed by atoms with Crippen LogP contribution < -0.4 is 9.04 Å². The van der Waals surface area contributed by atoms with E-state index in [0.29, 0.717) is 16.5 Å². The Hall–Kier alpha value is -2.57. The summed E-state index contributed by atoms with van der Waals surface area (Å²) in [5.41, 5.74) is 0.632. The lowest BCUT2D eigenvalue weighted by atomic mass is 10.1. The standard InChI is InChI=1S/C21H19ClFNO3S/c1-15(20-8-3-4-9-21(20)23)24(17-6-5-7-18(14-17)27-2)28(25,26)19-12-10-16(22)11-13-19/h3-15H,1-2H3/t15-/m1/s1. The summed E-state index contributed by atoms with van der Waals surface area (Å²) in [6, 6.07) is 17.8. The minimum atomic E-state index is -4.01. The summed E-state index contributed by atoms with van der Waals surface area (Å²) in [5.74, 6) is 0.0174. The summed E-state index contributed by atoms with van der Waals surface area (Å²) in [6.45, 7) is 1.64. The highest BCUT2D eigenvalue weighted by molar-refractivity contribution is 7.92. The zero-order valence-electron chi connectivity index (χ0n) is 15.3. The van der Waals surface area contributed by atoms with Crippen LogP contribution >= 0.6 is 11.6 Å². The van der Waals surface area contributed by atoms with Crippen molar-refractivity contribution >= 4 is 27.3 Å². The first-order valence-corrected chi connectivity index (χ1v) is 10.3. The van der Waals surface area contributed by atoms with Crippen LogP contribution in [0, 0.1) is 5.82 Å². The van der Waals surface area contributed by atoms with Gasteiger partial charge < -0.3 is 4.74 Å². The molecule has 0 aromatic heterocycles. The molecule has 0 saturated carbocycles. The Labute approximate surface area is 169 Å². The molecule has 7 heteroatoms. The Bertz CT molecular complexity index is 1070. The van der Waals surface area contributed by atoms with Gasteiger partial charge in [0, 0.05) is 16.7 Å². The minimum Gasteiger partial charge on any atom is -0.497 e. The largest absolute Gasteiger partial charge is 0.497 e. The average molecular weight is 420 g/mol. The number of rotatable bonds is 6. The van der Waals surface area contributed by atoms with Crippen LogP contribution in [0.4, 0.5) is 10.1 Å². The van der Waals surface area contributed by atoms with E-state index in [-0.39, 0.29) is 10.5 Å². The second kappa shape index (κ2) is 8.20. The Morgan fingerprint density at radius 2 is 1.68 bits per heavy atom. The van der Waals surface area contributed by atoms with Crippen LogP contribution in [0.1, 0.15) is 18.5 Å². The summed E-state index contributed by atoms with van der Waals surface area (Å²) in [6.07, 6.45) is 0. The summed E-state index contributed by atoms with van der Waals surface area (Å²) in [4.78, 5) is 0.0582. The third kappa shape index (κ3) is 3.98. The van der Waals surface area contributed by atoms with Crippen molar-refractivity contribution in [1.29, 1.82) is 0 Å². The van der Waals surface area contributed by atoms with Crippen LogP contribution in [0.2, 0.25) is 5.02 Å². The molecule has 1 atom stereocenters. The van der Waals surface area contributed by atoms with Crippen molar-refractivity contribution in [3.05, 3.63) is 89.2 Å². The van der Waals surface area contributed by atoms with Gasteiger partial charge in [0.1, 0.15) is 11.6 Å². The number of methoxy groups -OCH3 is 1. The van der Waals surface area contributed by atoms with Crippen LogP contribution in [0.5, 0.6) is 5.75 Å². The van der Waals surface area contributed by atoms with E-state index in [1.807, 2.05) is 0 Å². The van der Waals surface area contributed by atoms with Gasteiger partial charge in [-0.2, -0.15) is 0 Å². The molecule has 0 aliphatic heterocycles. The second-order valence-corrected chi connectivity index (χ2v) is 8.41. The first kappa shape index (κ1) is 20.2. The molecule has 0 spiro atoms. The predicted octanol–water partition coefficient (Wildman–Crippen LogP) is 5.44. The van der Waals surface area contributed by atoms with Crippen molar-refractivity contribution in [2.75, 3.05) is 11.4 Å². The Morgan fingerprint density at radius 3 is 2.32 bits per heavy atom. The van der Waals surface area contributed by atoms with E-state index in [1.54, 1.807) is 49.4 Å². The molecule has 0 N–H and O–H groups in total. The summed E-state index contributed by atoms with van der Waals surface area (Å²) in [7, 11) is -2.51. The van der Waals surface area contributed by atoms with Crippen molar-refractivity contribution in [3.63, 3.8) is 0 Å². The quantitative estimate of drug-likeness (QED) is 0.534. The maximum Gasteiger partial charge on any atom is 0.264 e. The first-order chi connectivity index (χ1) is 13.3. The highest BCUT2D eigenvalue weighted by Gasteiger charge is 2.31. The third-order valence-corrected chi connectivity index (χ3v) is 6.55. The molecule has 4 nitrogen and oxygen atoms in total. The first-order valence-electron chi connectivity index (χ1n) is 8.53. The fourth-order valence-corrected chi connectivity index (χ4v) is 4.73. The van der Waals surface area contributed by atoms with E-state index in [1.165, 1.54) is 41.7 Å². The van der Waals surface area contributed by atoms with Crippen molar-refractivity contribution in [2.24, 2.45) is 0 Å². The maximum absolute atomic E-state index is 14.4. The topological polar surface area (TPSA) is 46.6 Å². The molecule has 3 aromatic carbocycles. The van der Waals surface area contributed by atoms with Gasteiger partial charge in [0.25, 0.3) is 10.0 Å². The molecule has 0 fully saturated rings. The molecule has 3 aromatic rings. The van der Waals surface area contributed by atoms with Gasteiger partial charge >= 0.3 is 0 Å². The van der Waals surface area contributed by atoms with E-state index in [0.717, 1.165) is 0 Å². The maximum atomic E-state index is 14.4. The van der Waals surface area contributed by atoms with Gasteiger partial charge in [-0.15, -0.1) is 0 Å². The lowest BCUT2D eigenvalue weighted by Gasteiger charge is -2.31. The number of sulfonamides is 1. The predicted molar refractivity (Wildman–Crippen MR) is 109 cm³/mol. The smallest absolute Gasteiger partial charge is 0.264 e. The number of nitrogens with zero attached hydrogens (tertiary/aromatic N) is 1. The number of halogens is 2. The number of benzene rings is 3. The minimum absolute atomic E-state index is 0.0582. The van der Waals surface area contributed by atoms with Crippen molar-refractivity contribution in [3.8, 4) is 5.75 Å². The van der Waals surface area contributed by atoms with Gasteiger partial charge in [-0.1, -0.05) is 35.9 Å². The third-order valence-electron chi connectivity index (χ3n) is 4.39. The normalized spacial score (nSPS) is 12.4. The molecule has 0 aliphatic carbocycles. The van der Waals surface area contributed by atoms with Crippen LogP contribution in [0.3, 0.4) is 0 Å². The number of hydrogen-bond donors (Lipinski definition) is 0. The summed E-state index contributed by atoms with van der Waals surface area (Å²) < 4.78 is 47.8.